The Balaban J connectivity index is 0. The van der Waals surface area contributed by atoms with Crippen LogP contribution in [0.15, 0.2) is 261 Å². The summed E-state index contributed by atoms with van der Waals surface area (Å²) in [6, 6.07) is 93.4. The predicted molar refractivity (Wildman–Crippen MR) is 528 cm³/mol. The zero-order valence-corrected chi connectivity index (χ0v) is 78.6. The number of hydrogen-bond acceptors (Lipinski definition) is 0. The number of fused-ring (bicyclic) bond motifs is 2. The second-order valence-electron chi connectivity index (χ2n) is 32.9. The lowest BCUT2D eigenvalue weighted by Crippen LogP contribution is -2.10. The van der Waals surface area contributed by atoms with Gasteiger partial charge in [-0.3, -0.25) is 0 Å². The SMILES string of the molecule is C.CC.CCC.CCC(C)c1ccc(C)cc1.CCCC.CCCCc1ccc(C)cc1.CCCc1ccc(C)cc1.Cc1cc(C)c(C)c(C)c1.Cc1cc(C)cc(C)c1.Cc1ccc(C(C)(C)C)cc1.Cc1ccc(C(C)C)cc1.Cc1ccc(CC(C)C)cc1.Cc1ccc2ccccc2c1.Cc1cccc2ccccc12. The van der Waals surface area contributed by atoms with E-state index in [9.17, 15) is 0 Å². The van der Waals surface area contributed by atoms with Crippen molar-refractivity contribution in [3.8, 4) is 0 Å². The molecule has 115 heavy (non-hydrogen) atoms. The van der Waals surface area contributed by atoms with Gasteiger partial charge in [-0.05, 0) is 236 Å². The maximum atomic E-state index is 2.27. The monoisotopic (exact) mass is 1550 g/mol. The van der Waals surface area contributed by atoms with E-state index >= 15 is 0 Å². The molecule has 0 N–H and O–H groups in total. The zero-order valence-electron chi connectivity index (χ0n) is 78.6. The van der Waals surface area contributed by atoms with Crippen LogP contribution in [0, 0.1) is 110 Å². The largest absolute Gasteiger partial charge is 0.0776 e. The zero-order chi connectivity index (χ0) is 86.1. The van der Waals surface area contributed by atoms with Gasteiger partial charge in [0.1, 0.15) is 0 Å². The van der Waals surface area contributed by atoms with Crippen molar-refractivity contribution in [2.45, 2.75) is 310 Å². The molecule has 1 atom stereocenters. The molecule has 0 saturated carbocycles. The van der Waals surface area contributed by atoms with Crippen LogP contribution in [0.25, 0.3) is 21.5 Å². The molecule has 0 nitrogen and oxygen atoms in total. The molecule has 0 aliphatic carbocycles. The van der Waals surface area contributed by atoms with Crippen molar-refractivity contribution >= 4 is 21.5 Å². The summed E-state index contributed by atoms with van der Waals surface area (Å²) in [6.45, 7) is 69.2. The normalized spacial score (nSPS) is 10.1. The topological polar surface area (TPSA) is 0 Å². The lowest BCUT2D eigenvalue weighted by molar-refractivity contribution is 0.590. The summed E-state index contributed by atoms with van der Waals surface area (Å²) < 4.78 is 0. The van der Waals surface area contributed by atoms with Crippen molar-refractivity contribution in [3.05, 3.63) is 378 Å². The molecular formula is C115H166. The first kappa shape index (κ1) is 108. The smallest absolute Gasteiger partial charge is 0.0132 e. The van der Waals surface area contributed by atoms with E-state index in [-0.39, 0.29) is 12.8 Å². The minimum atomic E-state index is 0. The molecule has 12 aromatic carbocycles. The van der Waals surface area contributed by atoms with Gasteiger partial charge in [-0.1, -0.05) is 479 Å². The van der Waals surface area contributed by atoms with Gasteiger partial charge in [0.15, 0.2) is 0 Å². The first-order valence-electron chi connectivity index (χ1n) is 43.5. The number of benzene rings is 12. The third kappa shape index (κ3) is 51.0. The van der Waals surface area contributed by atoms with Crippen molar-refractivity contribution < 1.29 is 0 Å². The summed E-state index contributed by atoms with van der Waals surface area (Å²) in [5.41, 5.74) is 29.3. The van der Waals surface area contributed by atoms with Gasteiger partial charge in [0.05, 0.1) is 0 Å². The molecule has 0 aliphatic rings. The highest BCUT2D eigenvalue weighted by Crippen LogP contribution is 2.24. The molecule has 0 amide bonds. The molecule has 0 saturated heterocycles. The summed E-state index contributed by atoms with van der Waals surface area (Å²) in [5, 5.41) is 5.33. The fourth-order valence-corrected chi connectivity index (χ4v) is 11.7. The fraction of sp³-hybridized carbons (Fsp3) is 0.409. The molecule has 626 valence electrons. The molecule has 12 aromatic rings. The van der Waals surface area contributed by atoms with Gasteiger partial charge in [-0.2, -0.15) is 0 Å². The van der Waals surface area contributed by atoms with Crippen LogP contribution in [-0.2, 0) is 24.7 Å². The maximum Gasteiger partial charge on any atom is -0.0132 e. The van der Waals surface area contributed by atoms with Crippen molar-refractivity contribution in [3.63, 3.8) is 0 Å². The standard InChI is InChI=1S/2C11H10.4C11H16.3C10H14.C9H12.C4H10.C3H8.C2H6.CH4/c1-9-5-4-7-10-6-2-3-8-11(9)10;1-9-6-7-10-4-2-3-5-11(10)8-9;1-9-5-7-10(8-6-9)11(2,3)4;1-9(2)8-11-6-4-10(3)5-7-11;1-4-10(3)11-7-5-9(2)6-8-11;1-3-4-5-11-8-6-10(2)7-9-11;1-7-5-8(2)10(4)9(3)6-7;1-8(2)10-6-4-9(3)5-7-10;1-3-4-10-7-5-9(2)6-8-10;1-7-4-8(2)6-9(3)5-7;1-3-4-2;1-3-2;1-2;/h2*2-8H,1H3;5-8H,1-4H3;4-7,9H,8H2,1-3H3;5-8,10H,4H2,1-3H3;6-9H,3-5H2,1-2H3;5-6H,1-4H3;4-8H,1-3H3;5-8H,3-4H2,1-2H3;4-6H,1-3H3;3-4H2,1-2H3;3H2,1-2H3;1-2H3;1H4. The third-order valence-electron chi connectivity index (χ3n) is 19.1. The van der Waals surface area contributed by atoms with E-state index in [2.05, 4.69) is 469 Å². The van der Waals surface area contributed by atoms with Crippen LogP contribution in [0.3, 0.4) is 0 Å². The number of hydrogen-bond donors (Lipinski definition) is 0. The highest BCUT2D eigenvalue weighted by atomic mass is 14.2. The van der Waals surface area contributed by atoms with Crippen LogP contribution >= 0.6 is 0 Å². The molecule has 0 fully saturated rings. The Hall–Kier alpha value is -8.84. The molecule has 0 bridgehead atoms. The van der Waals surface area contributed by atoms with Crippen molar-refractivity contribution in [2.24, 2.45) is 5.92 Å². The molecule has 0 heteroatoms. The van der Waals surface area contributed by atoms with Crippen molar-refractivity contribution in [2.75, 3.05) is 0 Å². The highest BCUT2D eigenvalue weighted by Gasteiger charge is 2.12. The Morgan fingerprint density at radius 1 is 0.287 bits per heavy atom. The average Bonchev–Trinajstić information content (AvgIpc) is 0.853. The first-order valence-corrected chi connectivity index (χ1v) is 43.5. The van der Waals surface area contributed by atoms with Gasteiger partial charge < -0.3 is 0 Å². The van der Waals surface area contributed by atoms with E-state index in [1.807, 2.05) is 13.8 Å². The Kier molecular flexibility index (Phi) is 59.6. The van der Waals surface area contributed by atoms with E-state index in [1.165, 1.54) is 203 Å². The van der Waals surface area contributed by atoms with Gasteiger partial charge in [-0.25, -0.2) is 0 Å². The van der Waals surface area contributed by atoms with Crippen LogP contribution in [0.1, 0.15) is 299 Å². The van der Waals surface area contributed by atoms with Gasteiger partial charge in [-0.15, -0.1) is 0 Å². The summed E-state index contributed by atoms with van der Waals surface area (Å²) in [4.78, 5) is 0. The molecule has 1 unspecified atom stereocenters. The minimum Gasteiger partial charge on any atom is -0.0776 e. The summed E-state index contributed by atoms with van der Waals surface area (Å²) in [5.74, 6) is 2.12. The predicted octanol–water partition coefficient (Wildman–Crippen LogP) is 36.1. The Morgan fingerprint density at radius 2 is 0.635 bits per heavy atom. The maximum absolute atomic E-state index is 2.27. The molecule has 12 rings (SSSR count). The van der Waals surface area contributed by atoms with E-state index in [0.29, 0.717) is 11.8 Å². The minimum absolute atomic E-state index is 0. The number of aryl methyl sites for hydroxylation is 16. The summed E-state index contributed by atoms with van der Waals surface area (Å²) in [6.07, 6.45) is 12.6. The number of unbranched alkanes of at least 4 members (excludes halogenated alkanes) is 2. The second kappa shape index (κ2) is 63.4. The van der Waals surface area contributed by atoms with E-state index < -0.39 is 0 Å². The summed E-state index contributed by atoms with van der Waals surface area (Å²) in [7, 11) is 0. The Morgan fingerprint density at radius 3 is 1.01 bits per heavy atom. The first-order chi connectivity index (χ1) is 54.1. The molecule has 0 aromatic heterocycles. The Bertz CT molecular complexity index is 4250. The van der Waals surface area contributed by atoms with Gasteiger partial charge in [0.2, 0.25) is 0 Å². The Labute approximate surface area is 711 Å². The van der Waals surface area contributed by atoms with Crippen LogP contribution in [0.2, 0.25) is 0 Å². The highest BCUT2D eigenvalue weighted by molar-refractivity contribution is 5.85. The molecular weight excluding hydrogens is 1380 g/mol. The lowest BCUT2D eigenvalue weighted by Gasteiger charge is -2.18. The second-order valence-corrected chi connectivity index (χ2v) is 32.9. The molecule has 0 heterocycles. The number of rotatable bonds is 11. The van der Waals surface area contributed by atoms with E-state index in [1.54, 1.807) is 0 Å². The van der Waals surface area contributed by atoms with Crippen molar-refractivity contribution in [1.82, 2.24) is 0 Å². The quantitative estimate of drug-likeness (QED) is 0.121. The summed E-state index contributed by atoms with van der Waals surface area (Å²) >= 11 is 0. The lowest BCUT2D eigenvalue weighted by atomic mass is 9.87. The molecule has 0 spiro atoms. The van der Waals surface area contributed by atoms with E-state index in [4.69, 9.17) is 0 Å². The van der Waals surface area contributed by atoms with Crippen LogP contribution in [0.5, 0.6) is 0 Å². The average molecular weight is 1550 g/mol. The van der Waals surface area contributed by atoms with Crippen LogP contribution in [-0.4, -0.2) is 0 Å². The molecule has 0 aliphatic heterocycles. The van der Waals surface area contributed by atoms with Crippen LogP contribution < -0.4 is 0 Å². The van der Waals surface area contributed by atoms with Crippen LogP contribution in [0.4, 0.5) is 0 Å². The van der Waals surface area contributed by atoms with Crippen molar-refractivity contribution in [1.29, 1.82) is 0 Å². The fourth-order valence-electron chi connectivity index (χ4n) is 11.7. The third-order valence-corrected chi connectivity index (χ3v) is 19.1. The van der Waals surface area contributed by atoms with E-state index in [0.717, 1.165) is 5.92 Å². The van der Waals surface area contributed by atoms with Gasteiger partial charge in [0.25, 0.3) is 0 Å². The van der Waals surface area contributed by atoms with Gasteiger partial charge in [0, 0.05) is 0 Å². The molecule has 0 radical (unpaired) electrons. The van der Waals surface area contributed by atoms with Gasteiger partial charge >= 0.3 is 0 Å².